The van der Waals surface area contributed by atoms with Crippen molar-refractivity contribution in [3.63, 3.8) is 0 Å². The number of aryl methyl sites for hydroxylation is 1. The number of hydrogen-bond donors (Lipinski definition) is 3. The van der Waals surface area contributed by atoms with Gasteiger partial charge >= 0.3 is 6.18 Å². The van der Waals surface area contributed by atoms with Crippen LogP contribution in [0, 0.1) is 29.4 Å². The molecule has 3 aromatic heterocycles. The van der Waals surface area contributed by atoms with Crippen LogP contribution in [0.25, 0.3) is 22.0 Å². The summed E-state index contributed by atoms with van der Waals surface area (Å²) in [7, 11) is -1.11. The average Bonchev–Trinajstić information content (AvgIpc) is 3.64. The first-order valence-corrected chi connectivity index (χ1v) is 19.9. The van der Waals surface area contributed by atoms with Gasteiger partial charge in [0.2, 0.25) is 15.9 Å². The number of benzene rings is 2. The van der Waals surface area contributed by atoms with Crippen LogP contribution in [-0.4, -0.2) is 62.9 Å². The minimum atomic E-state index is -5.10. The number of rotatable bonds is 10. The molecule has 21 heteroatoms. The van der Waals surface area contributed by atoms with Gasteiger partial charge < -0.3 is 15.2 Å². The molecule has 1 amide bonds. The Kier molecular flexibility index (Phi) is 10.2. The number of halogens is 8. The Hall–Kier alpha value is -5.39. The Morgan fingerprint density at radius 3 is 2.41 bits per heavy atom. The summed E-state index contributed by atoms with van der Waals surface area (Å²) in [4.78, 5) is 18.7. The molecule has 12 nitrogen and oxygen atoms in total. The zero-order chi connectivity index (χ0) is 43.1. The molecular weight excluding hydrogens is 835 g/mol. The number of amides is 1. The second-order valence-electron chi connectivity index (χ2n) is 14.9. The quantitative estimate of drug-likeness (QED) is 0.105. The molecule has 0 bridgehead atoms. The summed E-state index contributed by atoms with van der Waals surface area (Å²) < 4.78 is 136. The molecule has 3 atom stereocenters. The molecule has 0 aliphatic heterocycles. The normalized spacial score (nSPS) is 17.5. The number of hydrogen-bond acceptors (Lipinski definition) is 8. The number of pyridine rings is 1. The van der Waals surface area contributed by atoms with E-state index in [1.807, 2.05) is 0 Å². The number of anilines is 1. The van der Waals surface area contributed by atoms with Gasteiger partial charge in [-0.25, -0.2) is 22.2 Å². The van der Waals surface area contributed by atoms with Crippen LogP contribution in [-0.2, 0) is 46.9 Å². The fourth-order valence-corrected chi connectivity index (χ4v) is 8.18. The number of aromatic nitrogens is 5. The van der Waals surface area contributed by atoms with E-state index in [-0.39, 0.29) is 62.0 Å². The SMILES string of the molecule is COc1cc(-c2ccc(Cl)c3c(NS(C)(=O)=O)nn(C)c23)c(C(Cc2cc(F)cc(F)c2)NC(=O)Cn2nc(C(F)(F)F)c3c2C(F)(F)[C@@H]2C[C@H]32)nc1C#CC(C)(C)O. The van der Waals surface area contributed by atoms with E-state index >= 15 is 8.78 Å². The van der Waals surface area contributed by atoms with Crippen molar-refractivity contribution >= 4 is 44.3 Å². The average molecular weight is 868 g/mol. The Labute approximate surface area is 336 Å². The van der Waals surface area contributed by atoms with Crippen LogP contribution >= 0.6 is 11.6 Å². The molecule has 0 radical (unpaired) electrons. The molecule has 2 aromatic carbocycles. The molecule has 5 aromatic rings. The van der Waals surface area contributed by atoms with Crippen LogP contribution in [0.2, 0.25) is 5.02 Å². The van der Waals surface area contributed by atoms with Crippen LogP contribution in [0.4, 0.5) is 36.6 Å². The molecule has 312 valence electrons. The second kappa shape index (κ2) is 14.4. The first-order chi connectivity index (χ1) is 27.4. The Morgan fingerprint density at radius 1 is 1.12 bits per heavy atom. The van der Waals surface area contributed by atoms with Gasteiger partial charge in [0.1, 0.15) is 29.5 Å². The number of methoxy groups -OCH3 is 1. The van der Waals surface area contributed by atoms with Crippen molar-refractivity contribution in [1.29, 1.82) is 0 Å². The van der Waals surface area contributed by atoms with Crippen molar-refractivity contribution in [1.82, 2.24) is 29.9 Å². The third kappa shape index (κ3) is 8.15. The lowest BCUT2D eigenvalue weighted by molar-refractivity contribution is -0.142. The molecule has 0 spiro atoms. The van der Waals surface area contributed by atoms with E-state index in [2.05, 4.69) is 32.1 Å². The molecule has 2 aliphatic carbocycles. The molecule has 0 saturated heterocycles. The van der Waals surface area contributed by atoms with Crippen molar-refractivity contribution in [3.8, 4) is 28.7 Å². The van der Waals surface area contributed by atoms with E-state index < -0.39 is 93.1 Å². The summed E-state index contributed by atoms with van der Waals surface area (Å²) in [5.74, 6) is -4.06. The van der Waals surface area contributed by atoms with Gasteiger partial charge in [-0.05, 0) is 68.4 Å². The topological polar surface area (TPSA) is 153 Å². The number of nitrogens with one attached hydrogen (secondary N) is 2. The fraction of sp³-hybridized carbons (Fsp3) is 0.368. The van der Waals surface area contributed by atoms with Crippen molar-refractivity contribution in [2.24, 2.45) is 13.0 Å². The summed E-state index contributed by atoms with van der Waals surface area (Å²) in [6.07, 6.45) is -4.81. The molecule has 1 unspecified atom stereocenters. The molecule has 7 rings (SSSR count). The first-order valence-electron chi connectivity index (χ1n) is 17.6. The monoisotopic (exact) mass is 867 g/mol. The summed E-state index contributed by atoms with van der Waals surface area (Å²) >= 11 is 6.59. The van der Waals surface area contributed by atoms with Gasteiger partial charge in [0.15, 0.2) is 23.0 Å². The number of sulfonamides is 1. The molecule has 2 aliphatic rings. The minimum Gasteiger partial charge on any atom is -0.494 e. The molecule has 3 heterocycles. The highest BCUT2D eigenvalue weighted by molar-refractivity contribution is 7.92. The molecule has 59 heavy (non-hydrogen) atoms. The minimum absolute atomic E-state index is 0.0229. The lowest BCUT2D eigenvalue weighted by atomic mass is 9.93. The van der Waals surface area contributed by atoms with E-state index in [1.165, 1.54) is 50.9 Å². The predicted octanol–water partition coefficient (Wildman–Crippen LogP) is 6.59. The van der Waals surface area contributed by atoms with Crippen LogP contribution in [0.1, 0.15) is 66.1 Å². The lowest BCUT2D eigenvalue weighted by Gasteiger charge is -2.24. The maximum Gasteiger partial charge on any atom is 0.435 e. The molecule has 1 fully saturated rings. The molecule has 3 N–H and O–H groups in total. The number of ether oxygens (including phenoxy) is 1. The second-order valence-corrected chi connectivity index (χ2v) is 17.0. The van der Waals surface area contributed by atoms with Crippen LogP contribution in [0.3, 0.4) is 0 Å². The predicted molar refractivity (Wildman–Crippen MR) is 200 cm³/mol. The highest BCUT2D eigenvalue weighted by Gasteiger charge is 2.68. The van der Waals surface area contributed by atoms with Crippen LogP contribution in [0.5, 0.6) is 5.75 Å². The Bertz CT molecular complexity index is 2720. The largest absolute Gasteiger partial charge is 0.494 e. The smallest absolute Gasteiger partial charge is 0.435 e. The summed E-state index contributed by atoms with van der Waals surface area (Å²) in [6.45, 7) is 1.66. The summed E-state index contributed by atoms with van der Waals surface area (Å²) in [6, 6.07) is 5.45. The van der Waals surface area contributed by atoms with Crippen molar-refractivity contribution in [2.45, 2.75) is 62.9 Å². The maximum atomic E-state index is 15.4. The number of alkyl halides is 5. The van der Waals surface area contributed by atoms with Crippen molar-refractivity contribution in [3.05, 3.63) is 87.0 Å². The molecular formula is C38H33ClF7N7O5S. The van der Waals surface area contributed by atoms with Gasteiger partial charge in [0.05, 0.1) is 41.0 Å². The first kappa shape index (κ1) is 41.8. The zero-order valence-electron chi connectivity index (χ0n) is 31.6. The standard InChI is InChI=1S/C38H33ClF7N7O5S/c1-36(2,55)9-8-25-27(58-4)15-21(20-6-7-24(39)30-32(20)52(3)50-35(30)51-59(5,56)57)31(48-25)26(12-17-10-18(40)13-19(41)11-17)47-28(54)16-53-34-29(33(49-53)38(44,45)46)22-14-23(22)37(34,42)43/h6-7,10-11,13,15,22-23,26,55H,12,14,16H2,1-5H3,(H,47,54)(H,50,51)/t22-,23+,26?/m0/s1. The third-order valence-corrected chi connectivity index (χ3v) is 10.6. The zero-order valence-corrected chi connectivity index (χ0v) is 33.1. The Morgan fingerprint density at radius 2 is 1.80 bits per heavy atom. The van der Waals surface area contributed by atoms with Crippen LogP contribution in [0.15, 0.2) is 36.4 Å². The van der Waals surface area contributed by atoms with E-state index in [9.17, 15) is 40.3 Å². The summed E-state index contributed by atoms with van der Waals surface area (Å²) in [5.41, 5.74) is -4.40. The number of aliphatic hydroxyl groups is 1. The van der Waals surface area contributed by atoms with E-state index in [4.69, 9.17) is 21.3 Å². The van der Waals surface area contributed by atoms with Gasteiger partial charge in [-0.3, -0.25) is 18.9 Å². The third-order valence-electron chi connectivity index (χ3n) is 9.75. The van der Waals surface area contributed by atoms with Gasteiger partial charge in [-0.15, -0.1) is 0 Å². The van der Waals surface area contributed by atoms with Gasteiger partial charge in [0, 0.05) is 35.7 Å². The Balaban J connectivity index is 1.43. The van der Waals surface area contributed by atoms with Gasteiger partial charge in [0.25, 0.3) is 5.92 Å². The number of nitrogens with zero attached hydrogens (tertiary/aromatic N) is 5. The lowest BCUT2D eigenvalue weighted by Crippen LogP contribution is -2.35. The summed E-state index contributed by atoms with van der Waals surface area (Å²) in [5, 5.41) is 21.0. The highest BCUT2D eigenvalue weighted by Crippen LogP contribution is 2.68. The highest BCUT2D eigenvalue weighted by atomic mass is 35.5. The van der Waals surface area contributed by atoms with E-state index in [0.29, 0.717) is 10.7 Å². The maximum absolute atomic E-state index is 15.4. The molecule has 1 saturated carbocycles. The number of carbonyl (C=O) groups is 1. The van der Waals surface area contributed by atoms with E-state index in [0.717, 1.165) is 18.4 Å². The van der Waals surface area contributed by atoms with Gasteiger partial charge in [-0.1, -0.05) is 23.6 Å². The van der Waals surface area contributed by atoms with Crippen molar-refractivity contribution in [2.75, 3.05) is 18.1 Å². The fourth-order valence-electron chi connectivity index (χ4n) is 7.44. The number of carbonyl (C=O) groups excluding carboxylic acids is 1. The number of fused-ring (bicyclic) bond motifs is 4. The van der Waals surface area contributed by atoms with Gasteiger partial charge in [-0.2, -0.15) is 32.1 Å². The van der Waals surface area contributed by atoms with Crippen LogP contribution < -0.4 is 14.8 Å². The van der Waals surface area contributed by atoms with E-state index in [1.54, 1.807) is 0 Å². The van der Waals surface area contributed by atoms with Crippen molar-refractivity contribution < 1.29 is 53.8 Å².